The third kappa shape index (κ3) is 4.17. The van der Waals surface area contributed by atoms with Gasteiger partial charge in [-0.15, -0.1) is 0 Å². The molecule has 1 N–H and O–H groups in total. The molecule has 2 aromatic heterocycles. The molecule has 0 radical (unpaired) electrons. The average Bonchev–Trinajstić information content (AvgIpc) is 2.91. The fraction of sp³-hybridized carbons (Fsp3) is 0.333. The molecule has 0 aliphatic carbocycles. The summed E-state index contributed by atoms with van der Waals surface area (Å²) in [6.45, 7) is 5.19. The fourth-order valence-electron chi connectivity index (χ4n) is 3.44. The fourth-order valence-corrected chi connectivity index (χ4v) is 4.49. The van der Waals surface area contributed by atoms with Crippen molar-refractivity contribution in [2.45, 2.75) is 31.6 Å². The number of aryl methyl sites for hydroxylation is 1. The summed E-state index contributed by atoms with van der Waals surface area (Å²) in [6.07, 6.45) is 3.00. The highest BCUT2D eigenvalue weighted by Crippen LogP contribution is 2.31. The standard InChI is InChI=1S/C21H24N4O4S/c1-15-18(16(2)25(24-15)21-6-3-4-10-22-21)9-11-23-30(26,27)17-7-8-19-20(14-17)29-13-5-12-28-19/h3-4,6-8,10,14,23H,5,9,11-13H2,1-2H3. The molecule has 3 heterocycles. The highest BCUT2D eigenvalue weighted by Gasteiger charge is 2.19. The second-order valence-corrected chi connectivity index (χ2v) is 8.82. The summed E-state index contributed by atoms with van der Waals surface area (Å²) in [6, 6.07) is 10.3. The Kier molecular flexibility index (Phi) is 5.74. The van der Waals surface area contributed by atoms with Crippen LogP contribution in [0, 0.1) is 13.8 Å². The van der Waals surface area contributed by atoms with Gasteiger partial charge in [0.2, 0.25) is 10.0 Å². The van der Waals surface area contributed by atoms with Gasteiger partial charge in [-0.1, -0.05) is 6.07 Å². The van der Waals surface area contributed by atoms with Crippen molar-refractivity contribution in [2.24, 2.45) is 0 Å². The van der Waals surface area contributed by atoms with Crippen molar-refractivity contribution in [3.8, 4) is 17.3 Å². The first kappa shape index (κ1) is 20.4. The van der Waals surface area contributed by atoms with Crippen LogP contribution in [0.2, 0.25) is 0 Å². The quantitative estimate of drug-likeness (QED) is 0.648. The van der Waals surface area contributed by atoms with E-state index < -0.39 is 10.0 Å². The summed E-state index contributed by atoms with van der Waals surface area (Å²) < 4.78 is 41.1. The van der Waals surface area contributed by atoms with Gasteiger partial charge >= 0.3 is 0 Å². The predicted octanol–water partition coefficient (Wildman–Crippen LogP) is 2.57. The number of nitrogens with zero attached hydrogens (tertiary/aromatic N) is 3. The highest BCUT2D eigenvalue weighted by atomic mass is 32.2. The Morgan fingerprint density at radius 3 is 2.67 bits per heavy atom. The third-order valence-electron chi connectivity index (χ3n) is 5.00. The Morgan fingerprint density at radius 2 is 1.90 bits per heavy atom. The summed E-state index contributed by atoms with van der Waals surface area (Å²) in [4.78, 5) is 4.49. The van der Waals surface area contributed by atoms with Crippen LogP contribution >= 0.6 is 0 Å². The molecular formula is C21H24N4O4S. The second-order valence-electron chi connectivity index (χ2n) is 7.06. The van der Waals surface area contributed by atoms with Crippen LogP contribution in [0.3, 0.4) is 0 Å². The Morgan fingerprint density at radius 1 is 1.10 bits per heavy atom. The van der Waals surface area contributed by atoms with Crippen LogP contribution in [-0.4, -0.2) is 42.9 Å². The van der Waals surface area contributed by atoms with Crippen molar-refractivity contribution in [3.63, 3.8) is 0 Å². The Labute approximate surface area is 175 Å². The maximum absolute atomic E-state index is 12.8. The molecule has 1 aliphatic rings. The van der Waals surface area contributed by atoms with Gasteiger partial charge in [0, 0.05) is 30.9 Å². The van der Waals surface area contributed by atoms with Gasteiger partial charge in [-0.25, -0.2) is 22.8 Å². The van der Waals surface area contributed by atoms with E-state index in [1.54, 1.807) is 16.9 Å². The van der Waals surface area contributed by atoms with Crippen LogP contribution in [0.25, 0.3) is 5.82 Å². The number of ether oxygens (including phenoxy) is 2. The van der Waals surface area contributed by atoms with Crippen molar-refractivity contribution in [1.82, 2.24) is 19.5 Å². The third-order valence-corrected chi connectivity index (χ3v) is 6.46. The molecule has 0 saturated carbocycles. The van der Waals surface area contributed by atoms with E-state index in [4.69, 9.17) is 9.47 Å². The van der Waals surface area contributed by atoms with Crippen LogP contribution in [0.4, 0.5) is 0 Å². The van der Waals surface area contributed by atoms with Gasteiger partial charge in [0.25, 0.3) is 0 Å². The zero-order valence-electron chi connectivity index (χ0n) is 17.0. The SMILES string of the molecule is Cc1nn(-c2ccccn2)c(C)c1CCNS(=O)(=O)c1ccc2c(c1)OCCCO2. The van der Waals surface area contributed by atoms with E-state index >= 15 is 0 Å². The number of sulfonamides is 1. The molecule has 30 heavy (non-hydrogen) atoms. The van der Waals surface area contributed by atoms with Crippen molar-refractivity contribution in [3.05, 3.63) is 59.5 Å². The molecule has 8 nitrogen and oxygen atoms in total. The van der Waals surface area contributed by atoms with Crippen molar-refractivity contribution >= 4 is 10.0 Å². The molecule has 3 aromatic rings. The summed E-state index contributed by atoms with van der Waals surface area (Å²) in [5, 5.41) is 4.56. The molecule has 4 rings (SSSR count). The zero-order chi connectivity index (χ0) is 21.1. The molecular weight excluding hydrogens is 404 g/mol. The first-order chi connectivity index (χ1) is 14.5. The van der Waals surface area contributed by atoms with Crippen molar-refractivity contribution in [2.75, 3.05) is 19.8 Å². The van der Waals surface area contributed by atoms with Crippen LogP contribution in [0.15, 0.2) is 47.5 Å². The summed E-state index contributed by atoms with van der Waals surface area (Å²) in [5.74, 6) is 1.76. The van der Waals surface area contributed by atoms with Crippen molar-refractivity contribution < 1.29 is 17.9 Å². The largest absolute Gasteiger partial charge is 0.490 e. The van der Waals surface area contributed by atoms with Crippen LogP contribution in [0.1, 0.15) is 23.4 Å². The number of hydrogen-bond donors (Lipinski definition) is 1. The maximum atomic E-state index is 12.8. The molecule has 0 unspecified atom stereocenters. The average molecular weight is 429 g/mol. The number of hydrogen-bond acceptors (Lipinski definition) is 6. The van der Waals surface area contributed by atoms with Gasteiger partial charge in [-0.05, 0) is 50.1 Å². The van der Waals surface area contributed by atoms with Crippen LogP contribution in [-0.2, 0) is 16.4 Å². The molecule has 0 atom stereocenters. The molecule has 1 aliphatic heterocycles. The van der Waals surface area contributed by atoms with Gasteiger partial charge in [0.15, 0.2) is 17.3 Å². The molecule has 0 fully saturated rings. The number of fused-ring (bicyclic) bond motifs is 1. The molecule has 0 bridgehead atoms. The summed E-state index contributed by atoms with van der Waals surface area (Å²) in [5.41, 5.74) is 2.80. The lowest BCUT2D eigenvalue weighted by atomic mass is 10.1. The van der Waals surface area contributed by atoms with Gasteiger partial charge in [-0.3, -0.25) is 0 Å². The summed E-state index contributed by atoms with van der Waals surface area (Å²) >= 11 is 0. The molecule has 9 heteroatoms. The molecule has 0 amide bonds. The first-order valence-electron chi connectivity index (χ1n) is 9.81. The highest BCUT2D eigenvalue weighted by molar-refractivity contribution is 7.89. The van der Waals surface area contributed by atoms with Crippen LogP contribution < -0.4 is 14.2 Å². The minimum atomic E-state index is -3.67. The van der Waals surface area contributed by atoms with Gasteiger partial charge in [-0.2, -0.15) is 5.10 Å². The monoisotopic (exact) mass is 428 g/mol. The van der Waals surface area contributed by atoms with Gasteiger partial charge in [0.1, 0.15) is 0 Å². The first-order valence-corrected chi connectivity index (χ1v) is 11.3. The van der Waals surface area contributed by atoms with E-state index in [1.807, 2.05) is 32.0 Å². The molecule has 0 spiro atoms. The topological polar surface area (TPSA) is 95.3 Å². The lowest BCUT2D eigenvalue weighted by Gasteiger charge is -2.11. The smallest absolute Gasteiger partial charge is 0.240 e. The predicted molar refractivity (Wildman–Crippen MR) is 112 cm³/mol. The molecule has 158 valence electrons. The Hall–Kier alpha value is -2.91. The van der Waals surface area contributed by atoms with E-state index in [2.05, 4.69) is 14.8 Å². The van der Waals surface area contributed by atoms with Gasteiger partial charge in [0.05, 0.1) is 23.8 Å². The minimum Gasteiger partial charge on any atom is -0.490 e. The lowest BCUT2D eigenvalue weighted by molar-refractivity contribution is 0.297. The van der Waals surface area contributed by atoms with E-state index in [9.17, 15) is 8.42 Å². The molecule has 1 aromatic carbocycles. The minimum absolute atomic E-state index is 0.157. The zero-order valence-corrected chi connectivity index (χ0v) is 17.8. The number of pyridine rings is 1. The normalized spacial score (nSPS) is 13.8. The van der Waals surface area contributed by atoms with E-state index in [0.717, 1.165) is 29.2 Å². The van der Waals surface area contributed by atoms with E-state index in [1.165, 1.54) is 12.1 Å². The second kappa shape index (κ2) is 8.45. The number of benzene rings is 1. The van der Waals surface area contributed by atoms with Crippen LogP contribution in [0.5, 0.6) is 11.5 Å². The number of aromatic nitrogens is 3. The Bertz CT molecular complexity index is 1140. The van der Waals surface area contributed by atoms with Crippen molar-refractivity contribution in [1.29, 1.82) is 0 Å². The van der Waals surface area contributed by atoms with E-state index in [-0.39, 0.29) is 11.4 Å². The summed E-state index contributed by atoms with van der Waals surface area (Å²) in [7, 11) is -3.67. The number of nitrogens with one attached hydrogen (secondary N) is 1. The lowest BCUT2D eigenvalue weighted by Crippen LogP contribution is -2.26. The number of rotatable bonds is 6. The molecule has 0 saturated heterocycles. The van der Waals surface area contributed by atoms with E-state index in [0.29, 0.717) is 31.1 Å². The van der Waals surface area contributed by atoms with Gasteiger partial charge < -0.3 is 9.47 Å². The Balaban J connectivity index is 1.47. The maximum Gasteiger partial charge on any atom is 0.240 e.